The van der Waals surface area contributed by atoms with Gasteiger partial charge in [0.15, 0.2) is 5.11 Å². The first kappa shape index (κ1) is 25.5. The monoisotopic (exact) mass is 485 g/mol. The van der Waals surface area contributed by atoms with E-state index in [-0.39, 0.29) is 28.0 Å². The lowest BCUT2D eigenvalue weighted by Gasteiger charge is -2.18. The number of thiocarbonyl (C=S) groups is 1. The lowest BCUT2D eigenvalue weighted by molar-refractivity contribution is -0.0493. The Morgan fingerprint density at radius 3 is 2.41 bits per heavy atom. The van der Waals surface area contributed by atoms with Crippen molar-refractivity contribution in [3.63, 3.8) is 0 Å². The number of alkyl halides is 2. The van der Waals surface area contributed by atoms with Gasteiger partial charge in [-0.05, 0) is 63.2 Å². The lowest BCUT2D eigenvalue weighted by atomic mass is 10.1. The largest absolute Gasteiger partial charge is 0.465 e. The average Bonchev–Trinajstić information content (AvgIpc) is 3.05. The minimum absolute atomic E-state index is 0.0289. The molecule has 7 nitrogen and oxygen atoms in total. The predicted molar refractivity (Wildman–Crippen MR) is 125 cm³/mol. The molecule has 11 heteroatoms. The topological polar surface area (TPSA) is 79.9 Å². The van der Waals surface area contributed by atoms with Crippen LogP contribution in [0.15, 0.2) is 18.2 Å². The molecule has 0 aliphatic heterocycles. The van der Waals surface area contributed by atoms with E-state index >= 15 is 0 Å². The SMILES string of the molecule is CCN(CC)C(=O)c1sc(NC(=S)Nc2ccc(C)cc2OC(F)F)c(C(=O)OC)c1C. The zero-order valence-electron chi connectivity index (χ0n) is 18.4. The van der Waals surface area contributed by atoms with Gasteiger partial charge in [0.25, 0.3) is 5.91 Å². The number of ether oxygens (including phenoxy) is 2. The molecule has 2 N–H and O–H groups in total. The Balaban J connectivity index is 2.36. The molecule has 1 aromatic carbocycles. The quantitative estimate of drug-likeness (QED) is 0.400. The highest BCUT2D eigenvalue weighted by molar-refractivity contribution is 7.80. The van der Waals surface area contributed by atoms with E-state index in [2.05, 4.69) is 15.4 Å². The molecule has 32 heavy (non-hydrogen) atoms. The van der Waals surface area contributed by atoms with Gasteiger partial charge in [0.05, 0.1) is 23.2 Å². The van der Waals surface area contributed by atoms with Gasteiger partial charge in [-0.15, -0.1) is 11.3 Å². The summed E-state index contributed by atoms with van der Waals surface area (Å²) in [4.78, 5) is 27.3. The van der Waals surface area contributed by atoms with Crippen LogP contribution in [0.1, 0.15) is 45.0 Å². The number of anilines is 2. The Hall–Kier alpha value is -2.79. The minimum Gasteiger partial charge on any atom is -0.465 e. The summed E-state index contributed by atoms with van der Waals surface area (Å²) in [5.74, 6) is -0.905. The number of thiophene rings is 1. The summed E-state index contributed by atoms with van der Waals surface area (Å²) in [6, 6.07) is 4.71. The van der Waals surface area contributed by atoms with Crippen LogP contribution in [-0.2, 0) is 4.74 Å². The maximum absolute atomic E-state index is 12.9. The van der Waals surface area contributed by atoms with E-state index in [1.165, 1.54) is 13.2 Å². The Morgan fingerprint density at radius 2 is 1.84 bits per heavy atom. The summed E-state index contributed by atoms with van der Waals surface area (Å²) in [7, 11) is 1.24. The summed E-state index contributed by atoms with van der Waals surface area (Å²) < 4.78 is 35.0. The number of carbonyl (C=O) groups excluding carboxylic acids is 2. The van der Waals surface area contributed by atoms with E-state index in [1.54, 1.807) is 30.9 Å². The van der Waals surface area contributed by atoms with Crippen molar-refractivity contribution in [3.05, 3.63) is 39.8 Å². The minimum atomic E-state index is -3.00. The molecule has 1 amide bonds. The van der Waals surface area contributed by atoms with Gasteiger partial charge < -0.3 is 25.0 Å². The van der Waals surface area contributed by atoms with Crippen LogP contribution in [0.4, 0.5) is 19.5 Å². The molecule has 2 aromatic rings. The first-order valence-electron chi connectivity index (χ1n) is 9.77. The van der Waals surface area contributed by atoms with Crippen LogP contribution in [0.5, 0.6) is 5.75 Å². The van der Waals surface area contributed by atoms with Crippen LogP contribution in [0.25, 0.3) is 0 Å². The number of hydrogen-bond donors (Lipinski definition) is 2. The molecule has 1 aromatic heterocycles. The smallest absolute Gasteiger partial charge is 0.387 e. The molecule has 0 aliphatic rings. The van der Waals surface area contributed by atoms with Crippen LogP contribution < -0.4 is 15.4 Å². The second kappa shape index (κ2) is 11.2. The molecule has 0 atom stereocenters. The highest BCUT2D eigenvalue weighted by Crippen LogP contribution is 2.35. The molecule has 2 rings (SSSR count). The molecule has 0 fully saturated rings. The number of carbonyl (C=O) groups is 2. The van der Waals surface area contributed by atoms with E-state index < -0.39 is 12.6 Å². The molecule has 0 unspecified atom stereocenters. The van der Waals surface area contributed by atoms with Gasteiger partial charge in [-0.25, -0.2) is 4.79 Å². The number of methoxy groups -OCH3 is 1. The summed E-state index contributed by atoms with van der Waals surface area (Å²) in [5, 5.41) is 6.02. The maximum atomic E-state index is 12.9. The second-order valence-electron chi connectivity index (χ2n) is 6.69. The van der Waals surface area contributed by atoms with Gasteiger partial charge in [0.2, 0.25) is 0 Å². The number of nitrogens with zero attached hydrogens (tertiary/aromatic N) is 1. The van der Waals surface area contributed by atoms with E-state index in [0.717, 1.165) is 16.9 Å². The zero-order chi connectivity index (χ0) is 24.0. The molecular formula is C21H25F2N3O4S2. The van der Waals surface area contributed by atoms with Gasteiger partial charge in [-0.2, -0.15) is 8.78 Å². The average molecular weight is 486 g/mol. The van der Waals surface area contributed by atoms with Crippen LogP contribution in [0.3, 0.4) is 0 Å². The van der Waals surface area contributed by atoms with Crippen molar-refractivity contribution in [1.29, 1.82) is 0 Å². The first-order valence-corrected chi connectivity index (χ1v) is 11.0. The molecule has 1 heterocycles. The third kappa shape index (κ3) is 5.92. The van der Waals surface area contributed by atoms with Gasteiger partial charge in [-0.3, -0.25) is 4.79 Å². The van der Waals surface area contributed by atoms with E-state index in [4.69, 9.17) is 17.0 Å². The molecule has 174 valence electrons. The van der Waals surface area contributed by atoms with Crippen molar-refractivity contribution in [2.24, 2.45) is 0 Å². The molecule has 0 saturated carbocycles. The van der Waals surface area contributed by atoms with E-state index in [9.17, 15) is 18.4 Å². The summed E-state index contributed by atoms with van der Waals surface area (Å²) >= 11 is 6.39. The highest BCUT2D eigenvalue weighted by Gasteiger charge is 2.27. The van der Waals surface area contributed by atoms with Crippen molar-refractivity contribution in [1.82, 2.24) is 4.90 Å². The van der Waals surface area contributed by atoms with Crippen LogP contribution in [0.2, 0.25) is 0 Å². The van der Waals surface area contributed by atoms with Crippen molar-refractivity contribution in [3.8, 4) is 5.75 Å². The molecule has 0 spiro atoms. The van der Waals surface area contributed by atoms with Gasteiger partial charge in [0.1, 0.15) is 10.8 Å². The van der Waals surface area contributed by atoms with Crippen molar-refractivity contribution >= 4 is 51.2 Å². The number of benzene rings is 1. The van der Waals surface area contributed by atoms with Crippen LogP contribution >= 0.6 is 23.6 Å². The third-order valence-corrected chi connectivity index (χ3v) is 6.01. The Bertz CT molecular complexity index is 1010. The molecular weight excluding hydrogens is 460 g/mol. The molecule has 0 radical (unpaired) electrons. The van der Waals surface area contributed by atoms with E-state index in [1.807, 2.05) is 13.8 Å². The number of halogens is 2. The van der Waals surface area contributed by atoms with Gasteiger partial charge >= 0.3 is 12.6 Å². The third-order valence-electron chi connectivity index (χ3n) is 4.61. The summed E-state index contributed by atoms with van der Waals surface area (Å²) in [6.45, 7) is 5.17. The second-order valence-corrected chi connectivity index (χ2v) is 8.12. The van der Waals surface area contributed by atoms with Gasteiger partial charge in [0, 0.05) is 13.1 Å². The van der Waals surface area contributed by atoms with Crippen molar-refractivity contribution in [2.45, 2.75) is 34.3 Å². The van der Waals surface area contributed by atoms with E-state index in [0.29, 0.717) is 28.5 Å². The molecule has 0 saturated heterocycles. The van der Waals surface area contributed by atoms with Crippen molar-refractivity contribution < 1.29 is 27.8 Å². The maximum Gasteiger partial charge on any atom is 0.387 e. The number of nitrogens with one attached hydrogen (secondary N) is 2. The fourth-order valence-corrected chi connectivity index (χ4v) is 4.43. The number of hydrogen-bond acceptors (Lipinski definition) is 6. The summed E-state index contributed by atoms with van der Waals surface area (Å²) in [5.41, 5.74) is 1.61. The lowest BCUT2D eigenvalue weighted by Crippen LogP contribution is -2.30. The Morgan fingerprint density at radius 1 is 1.19 bits per heavy atom. The molecule has 0 bridgehead atoms. The summed E-state index contributed by atoms with van der Waals surface area (Å²) in [6.07, 6.45) is 0. The number of aryl methyl sites for hydroxylation is 1. The Kier molecular flexibility index (Phi) is 8.90. The standard InChI is InChI=1S/C21H25F2N3O4S2/c1-6-26(7-2)18(27)16-12(4)15(19(28)29-5)17(32-16)25-21(31)24-13-9-8-11(3)10-14(13)30-20(22)23/h8-10,20H,6-7H2,1-5H3,(H2,24,25,31). The Labute approximate surface area is 194 Å². The van der Waals surface area contributed by atoms with Crippen molar-refractivity contribution in [2.75, 3.05) is 30.8 Å². The number of rotatable bonds is 8. The van der Waals surface area contributed by atoms with Crippen LogP contribution in [0, 0.1) is 13.8 Å². The zero-order valence-corrected chi connectivity index (χ0v) is 20.0. The van der Waals surface area contributed by atoms with Crippen LogP contribution in [-0.4, -0.2) is 48.7 Å². The van der Waals surface area contributed by atoms with Gasteiger partial charge in [-0.1, -0.05) is 6.07 Å². The number of amides is 1. The normalized spacial score (nSPS) is 10.6. The predicted octanol–water partition coefficient (Wildman–Crippen LogP) is 5.04. The highest BCUT2D eigenvalue weighted by atomic mass is 32.1. The fourth-order valence-electron chi connectivity index (χ4n) is 2.99. The molecule has 0 aliphatic carbocycles. The first-order chi connectivity index (χ1) is 15.1. The fraction of sp³-hybridized carbons (Fsp3) is 0.381. The number of esters is 1.